The Bertz CT molecular complexity index is 1440. The first-order valence-corrected chi connectivity index (χ1v) is 12.5. The average molecular weight is 526 g/mol. The Morgan fingerprint density at radius 1 is 1.16 bits per heavy atom. The van der Waals surface area contributed by atoms with Crippen LogP contribution in [0.5, 0.6) is 17.6 Å². The lowest BCUT2D eigenvalue weighted by atomic mass is 9.88. The van der Waals surface area contributed by atoms with Crippen LogP contribution in [-0.4, -0.2) is 43.1 Å². The summed E-state index contributed by atoms with van der Waals surface area (Å²) < 4.78 is 38.8. The number of nitrogen functional groups attached to an aromatic ring is 1. The number of aromatic amines is 1. The van der Waals surface area contributed by atoms with Crippen LogP contribution in [0.15, 0.2) is 47.4 Å². The minimum absolute atomic E-state index is 0.110. The topological polar surface area (TPSA) is 133 Å². The Balaban J connectivity index is 1.21. The number of hydrogen-bond acceptors (Lipinski definition) is 8. The number of imidazole rings is 1. The largest absolute Gasteiger partial charge is 0.463 e. The van der Waals surface area contributed by atoms with Crippen LogP contribution < -0.4 is 26.2 Å². The molecule has 12 heteroatoms. The molecule has 0 amide bonds. The van der Waals surface area contributed by atoms with Crippen molar-refractivity contribution < 1.29 is 18.3 Å². The van der Waals surface area contributed by atoms with E-state index in [2.05, 4.69) is 32.2 Å². The second-order valence-electron chi connectivity index (χ2n) is 9.40. The van der Waals surface area contributed by atoms with Crippen molar-refractivity contribution >= 4 is 17.0 Å². The fraction of sp³-hybridized carbons (Fsp3) is 0.385. The number of rotatable bonds is 11. The minimum atomic E-state index is -2.53. The SMILES string of the molecule is CCCCOc1nc(N)c2[nH]c(=O)n(Cc3ccc(Oc4ccc(CNC5CC(F)(F)C5)cc4)nc3)c2n1. The van der Waals surface area contributed by atoms with Crippen LogP contribution in [0.3, 0.4) is 0 Å². The van der Waals surface area contributed by atoms with E-state index >= 15 is 0 Å². The third-order valence-electron chi connectivity index (χ3n) is 6.33. The van der Waals surface area contributed by atoms with Gasteiger partial charge in [0.15, 0.2) is 11.5 Å². The summed E-state index contributed by atoms with van der Waals surface area (Å²) in [4.78, 5) is 28.1. The number of nitrogens with zero attached hydrogens (tertiary/aromatic N) is 4. The Labute approximate surface area is 217 Å². The standard InChI is InChI=1S/C26H29F2N7O3/c1-2-3-10-37-24-33-22(29)21-23(34-24)35(25(36)32-21)15-17-6-9-20(31-14-17)38-19-7-4-16(5-8-19)13-30-18-11-26(27,28)12-18/h4-9,14,18,30H,2-3,10-13,15H2,1H3,(H,32,36)(H2,29,33,34). The zero-order valence-electron chi connectivity index (χ0n) is 20.9. The normalized spacial score (nSPS) is 14.9. The van der Waals surface area contributed by atoms with Crippen molar-refractivity contribution in [2.75, 3.05) is 12.3 Å². The van der Waals surface area contributed by atoms with Crippen molar-refractivity contribution in [3.63, 3.8) is 0 Å². The van der Waals surface area contributed by atoms with Crippen molar-refractivity contribution in [2.24, 2.45) is 0 Å². The lowest BCUT2D eigenvalue weighted by Crippen LogP contribution is -2.48. The van der Waals surface area contributed by atoms with Gasteiger partial charge in [-0.3, -0.25) is 4.57 Å². The molecule has 0 unspecified atom stereocenters. The lowest BCUT2D eigenvalue weighted by molar-refractivity contribution is -0.0930. The summed E-state index contributed by atoms with van der Waals surface area (Å²) in [6, 6.07) is 10.9. The maximum atomic E-state index is 13.0. The summed E-state index contributed by atoms with van der Waals surface area (Å²) in [6.45, 7) is 3.24. The molecule has 0 radical (unpaired) electrons. The van der Waals surface area contributed by atoms with Crippen molar-refractivity contribution in [1.82, 2.24) is 29.8 Å². The second-order valence-corrected chi connectivity index (χ2v) is 9.40. The molecule has 1 saturated carbocycles. The molecule has 0 bridgehead atoms. The Kier molecular flexibility index (Phi) is 7.23. The Morgan fingerprint density at radius 2 is 1.92 bits per heavy atom. The molecule has 1 fully saturated rings. The van der Waals surface area contributed by atoms with Gasteiger partial charge in [0.25, 0.3) is 5.92 Å². The van der Waals surface area contributed by atoms with Crippen LogP contribution in [0.4, 0.5) is 14.6 Å². The maximum Gasteiger partial charge on any atom is 0.328 e. The van der Waals surface area contributed by atoms with Crippen LogP contribution in [-0.2, 0) is 13.1 Å². The van der Waals surface area contributed by atoms with Crippen LogP contribution >= 0.6 is 0 Å². The van der Waals surface area contributed by atoms with Gasteiger partial charge in [0.1, 0.15) is 11.3 Å². The van der Waals surface area contributed by atoms with E-state index in [9.17, 15) is 13.6 Å². The van der Waals surface area contributed by atoms with Gasteiger partial charge in [-0.15, -0.1) is 0 Å². The summed E-state index contributed by atoms with van der Waals surface area (Å²) in [6.07, 6.45) is 3.22. The van der Waals surface area contributed by atoms with Gasteiger partial charge in [-0.1, -0.05) is 31.5 Å². The smallest absolute Gasteiger partial charge is 0.328 e. The number of halogens is 2. The first kappa shape index (κ1) is 25.6. The van der Waals surface area contributed by atoms with E-state index < -0.39 is 5.92 Å². The lowest BCUT2D eigenvalue weighted by Gasteiger charge is -2.35. The third-order valence-corrected chi connectivity index (χ3v) is 6.33. The molecule has 4 N–H and O–H groups in total. The van der Waals surface area contributed by atoms with Crippen molar-refractivity contribution in [3.8, 4) is 17.6 Å². The zero-order valence-corrected chi connectivity index (χ0v) is 20.9. The van der Waals surface area contributed by atoms with Crippen molar-refractivity contribution in [3.05, 3.63) is 64.2 Å². The highest BCUT2D eigenvalue weighted by Crippen LogP contribution is 2.37. The van der Waals surface area contributed by atoms with Gasteiger partial charge < -0.3 is 25.5 Å². The summed E-state index contributed by atoms with van der Waals surface area (Å²) in [5.74, 6) is -1.40. The van der Waals surface area contributed by atoms with Crippen LogP contribution in [0.1, 0.15) is 43.7 Å². The number of benzene rings is 1. The summed E-state index contributed by atoms with van der Waals surface area (Å²) in [7, 11) is 0. The van der Waals surface area contributed by atoms with E-state index in [-0.39, 0.29) is 42.9 Å². The molecule has 0 aliphatic heterocycles. The molecule has 0 atom stereocenters. The Morgan fingerprint density at radius 3 is 2.61 bits per heavy atom. The quantitative estimate of drug-likeness (QED) is 0.250. The fourth-order valence-electron chi connectivity index (χ4n) is 4.16. The van der Waals surface area contributed by atoms with Gasteiger partial charge in [-0.05, 0) is 29.7 Å². The van der Waals surface area contributed by atoms with E-state index in [4.69, 9.17) is 15.2 Å². The molecule has 10 nitrogen and oxygen atoms in total. The van der Waals surface area contributed by atoms with Crippen molar-refractivity contribution in [2.45, 2.75) is 57.7 Å². The molecule has 38 heavy (non-hydrogen) atoms. The zero-order chi connectivity index (χ0) is 26.7. The molecule has 200 valence electrons. The number of H-pyrrole nitrogens is 1. The molecule has 5 rings (SSSR count). The second kappa shape index (κ2) is 10.7. The highest BCUT2D eigenvalue weighted by atomic mass is 19.3. The van der Waals surface area contributed by atoms with Gasteiger partial charge in [-0.25, -0.2) is 18.6 Å². The fourth-order valence-corrected chi connectivity index (χ4v) is 4.16. The summed E-state index contributed by atoms with van der Waals surface area (Å²) in [5, 5.41) is 3.14. The molecule has 3 aromatic heterocycles. The molecule has 0 saturated heterocycles. The van der Waals surface area contributed by atoms with Gasteiger partial charge in [-0.2, -0.15) is 9.97 Å². The first-order chi connectivity index (χ1) is 18.3. The molecular weight excluding hydrogens is 496 g/mol. The van der Waals surface area contributed by atoms with Gasteiger partial charge in [0, 0.05) is 37.7 Å². The van der Waals surface area contributed by atoms with Gasteiger partial charge in [0.2, 0.25) is 5.88 Å². The summed E-state index contributed by atoms with van der Waals surface area (Å²) >= 11 is 0. The van der Waals surface area contributed by atoms with Crippen molar-refractivity contribution in [1.29, 1.82) is 0 Å². The van der Waals surface area contributed by atoms with E-state index in [0.29, 0.717) is 35.9 Å². The number of alkyl halides is 2. The van der Waals surface area contributed by atoms with E-state index in [1.165, 1.54) is 4.57 Å². The number of anilines is 1. The number of aromatic nitrogens is 5. The molecular formula is C26H29F2N7O3. The number of unbranched alkanes of at least 4 members (excludes halogenated alkanes) is 1. The number of ether oxygens (including phenoxy) is 2. The first-order valence-electron chi connectivity index (χ1n) is 12.5. The minimum Gasteiger partial charge on any atom is -0.463 e. The van der Waals surface area contributed by atoms with Gasteiger partial charge >= 0.3 is 11.7 Å². The highest BCUT2D eigenvalue weighted by molar-refractivity contribution is 5.81. The molecule has 1 aromatic carbocycles. The van der Waals surface area contributed by atoms with Crippen LogP contribution in [0, 0.1) is 0 Å². The molecule has 4 aromatic rings. The number of fused-ring (bicyclic) bond motifs is 1. The van der Waals surface area contributed by atoms with Gasteiger partial charge in [0.05, 0.1) is 13.2 Å². The highest BCUT2D eigenvalue weighted by Gasteiger charge is 2.44. The predicted octanol–water partition coefficient (Wildman–Crippen LogP) is 4.00. The van der Waals surface area contributed by atoms with E-state index in [1.807, 2.05) is 18.2 Å². The maximum absolute atomic E-state index is 13.0. The predicted molar refractivity (Wildman–Crippen MR) is 138 cm³/mol. The summed E-state index contributed by atoms with van der Waals surface area (Å²) in [5.41, 5.74) is 8.09. The van der Waals surface area contributed by atoms with E-state index in [1.54, 1.807) is 24.4 Å². The molecule has 3 heterocycles. The monoisotopic (exact) mass is 525 g/mol. The Hall–Kier alpha value is -4.06. The molecule has 0 spiro atoms. The van der Waals surface area contributed by atoms with Crippen LogP contribution in [0.25, 0.3) is 11.2 Å². The number of hydrogen-bond donors (Lipinski definition) is 3. The van der Waals surface area contributed by atoms with E-state index in [0.717, 1.165) is 24.0 Å². The molecule has 1 aliphatic rings. The average Bonchev–Trinajstić information content (AvgIpc) is 3.19. The molecule has 1 aliphatic carbocycles. The number of pyridine rings is 1. The van der Waals surface area contributed by atoms with Crippen LogP contribution in [0.2, 0.25) is 0 Å². The number of nitrogens with one attached hydrogen (secondary N) is 2. The number of nitrogens with two attached hydrogens (primary N) is 1. The third kappa shape index (κ3) is 5.91.